The van der Waals surface area contributed by atoms with Crippen LogP contribution in [-0.4, -0.2) is 23.8 Å². The lowest BCUT2D eigenvalue weighted by molar-refractivity contribution is -0.136. The Balaban J connectivity index is 1.85. The van der Waals surface area contributed by atoms with E-state index in [0.717, 1.165) is 10.0 Å². The minimum atomic E-state index is -4.13. The molecule has 1 N–H and O–H groups in total. The van der Waals surface area contributed by atoms with Crippen molar-refractivity contribution in [2.24, 2.45) is 0 Å². The number of aromatic nitrogens is 1. The van der Waals surface area contributed by atoms with Gasteiger partial charge in [0.1, 0.15) is 0 Å². The predicted octanol–water partition coefficient (Wildman–Crippen LogP) is 3.82. The van der Waals surface area contributed by atoms with E-state index in [2.05, 4.69) is 26.2 Å². The maximum atomic E-state index is 12.0. The molecule has 2 rings (SSSR count). The van der Waals surface area contributed by atoms with E-state index in [0.29, 0.717) is 18.5 Å². The van der Waals surface area contributed by atoms with Crippen LogP contribution in [0.15, 0.2) is 16.7 Å². The summed E-state index contributed by atoms with van der Waals surface area (Å²) in [5, 5.41) is 3.33. The van der Waals surface area contributed by atoms with E-state index in [1.165, 1.54) is 12.8 Å². The van der Waals surface area contributed by atoms with Gasteiger partial charge in [0.15, 0.2) is 0 Å². The second kappa shape index (κ2) is 6.76. The van der Waals surface area contributed by atoms with Gasteiger partial charge in [0, 0.05) is 35.2 Å². The summed E-state index contributed by atoms with van der Waals surface area (Å²) in [6.07, 6.45) is -1.10. The van der Waals surface area contributed by atoms with E-state index in [1.807, 2.05) is 6.07 Å². The highest BCUT2D eigenvalue weighted by atomic mass is 79.9. The molecule has 0 amide bonds. The van der Waals surface area contributed by atoms with Gasteiger partial charge in [0.25, 0.3) is 0 Å². The van der Waals surface area contributed by atoms with Gasteiger partial charge in [-0.25, -0.2) is 4.98 Å². The largest absolute Gasteiger partial charge is 0.477 e. The maximum absolute atomic E-state index is 12.0. The second-order valence-electron chi connectivity index (χ2n) is 4.84. The summed E-state index contributed by atoms with van der Waals surface area (Å²) >= 11 is 3.33. The lowest BCUT2D eigenvalue weighted by Gasteiger charge is -2.12. The number of rotatable bonds is 7. The quantitative estimate of drug-likeness (QED) is 0.757. The molecule has 1 saturated carbocycles. The normalized spacial score (nSPS) is 15.4. The molecule has 7 heteroatoms. The minimum Gasteiger partial charge on any atom is -0.477 e. The first-order valence-corrected chi connectivity index (χ1v) is 7.31. The van der Waals surface area contributed by atoms with Crippen LogP contribution in [-0.2, 0) is 6.54 Å². The van der Waals surface area contributed by atoms with Gasteiger partial charge in [-0.3, -0.25) is 0 Å². The van der Waals surface area contributed by atoms with Gasteiger partial charge in [-0.1, -0.05) is 0 Å². The third-order valence-electron chi connectivity index (χ3n) is 2.89. The van der Waals surface area contributed by atoms with Crippen molar-refractivity contribution in [3.05, 3.63) is 22.3 Å². The average molecular weight is 353 g/mol. The molecule has 0 radical (unpaired) electrons. The van der Waals surface area contributed by atoms with Crippen molar-refractivity contribution >= 4 is 15.9 Å². The zero-order valence-electron chi connectivity index (χ0n) is 10.8. The zero-order chi connectivity index (χ0) is 14.6. The van der Waals surface area contributed by atoms with Crippen molar-refractivity contribution in [3.8, 4) is 5.88 Å². The zero-order valence-corrected chi connectivity index (χ0v) is 12.4. The number of hydrogen-bond donors (Lipinski definition) is 1. The van der Waals surface area contributed by atoms with Crippen LogP contribution in [0.25, 0.3) is 0 Å². The molecule has 0 aliphatic heterocycles. The summed E-state index contributed by atoms with van der Waals surface area (Å²) in [6.45, 7) is 0.635. The number of nitrogens with zero attached hydrogens (tertiary/aromatic N) is 1. The number of pyridine rings is 1. The standard InChI is InChI=1S/C13H16BrF3N2O/c14-10-6-9(7-18-11-2-3-11)12(19-8-10)20-5-1-4-13(15,16)17/h6,8,11,18H,1-5,7H2. The minimum absolute atomic E-state index is 0.0184. The lowest BCUT2D eigenvalue weighted by Crippen LogP contribution is -2.17. The van der Waals surface area contributed by atoms with Crippen LogP contribution in [0.3, 0.4) is 0 Å². The Labute approximate surface area is 124 Å². The van der Waals surface area contributed by atoms with E-state index < -0.39 is 12.6 Å². The summed E-state index contributed by atoms with van der Waals surface area (Å²) in [7, 11) is 0. The van der Waals surface area contributed by atoms with Gasteiger partial charge in [-0.2, -0.15) is 13.2 Å². The molecule has 1 heterocycles. The Bertz CT molecular complexity index is 450. The van der Waals surface area contributed by atoms with Crippen molar-refractivity contribution < 1.29 is 17.9 Å². The molecule has 20 heavy (non-hydrogen) atoms. The van der Waals surface area contributed by atoms with Gasteiger partial charge in [-0.05, 0) is 41.3 Å². The molecule has 0 spiro atoms. The molecular weight excluding hydrogens is 337 g/mol. The van der Waals surface area contributed by atoms with E-state index in [4.69, 9.17) is 4.74 Å². The summed E-state index contributed by atoms with van der Waals surface area (Å²) < 4.78 is 42.3. The van der Waals surface area contributed by atoms with Gasteiger partial charge < -0.3 is 10.1 Å². The SMILES string of the molecule is FC(F)(F)CCCOc1ncc(Br)cc1CNC1CC1. The molecule has 1 aliphatic carbocycles. The monoisotopic (exact) mass is 352 g/mol. The lowest BCUT2D eigenvalue weighted by atomic mass is 10.2. The van der Waals surface area contributed by atoms with Gasteiger partial charge in [0.05, 0.1) is 6.61 Å². The number of alkyl halides is 3. The van der Waals surface area contributed by atoms with Crippen LogP contribution < -0.4 is 10.1 Å². The van der Waals surface area contributed by atoms with Gasteiger partial charge in [-0.15, -0.1) is 0 Å². The molecule has 1 fully saturated rings. The summed E-state index contributed by atoms with van der Waals surface area (Å²) in [5.74, 6) is 0.406. The highest BCUT2D eigenvalue weighted by Crippen LogP contribution is 2.25. The molecular formula is C13H16BrF3N2O. The van der Waals surface area contributed by atoms with E-state index >= 15 is 0 Å². The number of ether oxygens (including phenoxy) is 1. The first-order valence-electron chi connectivity index (χ1n) is 6.51. The average Bonchev–Trinajstić information content (AvgIpc) is 3.16. The Morgan fingerprint density at radius 1 is 1.40 bits per heavy atom. The fourth-order valence-corrected chi connectivity index (χ4v) is 2.09. The van der Waals surface area contributed by atoms with E-state index in [9.17, 15) is 13.2 Å². The van der Waals surface area contributed by atoms with Crippen LogP contribution in [0.4, 0.5) is 13.2 Å². The van der Waals surface area contributed by atoms with Crippen molar-refractivity contribution in [1.29, 1.82) is 0 Å². The fraction of sp³-hybridized carbons (Fsp3) is 0.615. The molecule has 1 aromatic heterocycles. The number of nitrogens with one attached hydrogen (secondary N) is 1. The van der Waals surface area contributed by atoms with Crippen LogP contribution in [0.5, 0.6) is 5.88 Å². The smallest absolute Gasteiger partial charge is 0.389 e. The van der Waals surface area contributed by atoms with E-state index in [-0.39, 0.29) is 13.0 Å². The number of halogens is 4. The third kappa shape index (κ3) is 5.66. The topological polar surface area (TPSA) is 34.1 Å². The highest BCUT2D eigenvalue weighted by Gasteiger charge is 2.26. The fourth-order valence-electron chi connectivity index (χ4n) is 1.71. The van der Waals surface area contributed by atoms with E-state index in [1.54, 1.807) is 6.20 Å². The summed E-state index contributed by atoms with van der Waals surface area (Å²) in [5.41, 5.74) is 0.860. The number of hydrogen-bond acceptors (Lipinski definition) is 3. The van der Waals surface area contributed by atoms with Crippen LogP contribution in [0, 0.1) is 0 Å². The van der Waals surface area contributed by atoms with Gasteiger partial charge in [0.2, 0.25) is 5.88 Å². The van der Waals surface area contributed by atoms with Gasteiger partial charge >= 0.3 is 6.18 Å². The van der Waals surface area contributed by atoms with Crippen LogP contribution >= 0.6 is 15.9 Å². The van der Waals surface area contributed by atoms with Crippen molar-refractivity contribution in [2.75, 3.05) is 6.61 Å². The van der Waals surface area contributed by atoms with Crippen molar-refractivity contribution in [3.63, 3.8) is 0 Å². The highest BCUT2D eigenvalue weighted by molar-refractivity contribution is 9.10. The molecule has 0 saturated heterocycles. The Morgan fingerprint density at radius 3 is 2.80 bits per heavy atom. The third-order valence-corrected chi connectivity index (χ3v) is 3.33. The summed E-state index contributed by atoms with van der Waals surface area (Å²) in [6, 6.07) is 2.42. The first-order chi connectivity index (χ1) is 9.44. The molecule has 3 nitrogen and oxygen atoms in total. The second-order valence-corrected chi connectivity index (χ2v) is 5.76. The molecule has 0 atom stereocenters. The molecule has 1 aliphatic rings. The van der Waals surface area contributed by atoms with Crippen LogP contribution in [0.1, 0.15) is 31.2 Å². The predicted molar refractivity (Wildman–Crippen MR) is 72.6 cm³/mol. The van der Waals surface area contributed by atoms with Crippen molar-refractivity contribution in [1.82, 2.24) is 10.3 Å². The molecule has 0 aromatic carbocycles. The van der Waals surface area contributed by atoms with Crippen LogP contribution in [0.2, 0.25) is 0 Å². The molecule has 0 unspecified atom stereocenters. The molecule has 1 aromatic rings. The Hall–Kier alpha value is -0.820. The first kappa shape index (κ1) is 15.6. The Kier molecular flexibility index (Phi) is 5.26. The summed E-state index contributed by atoms with van der Waals surface area (Å²) in [4.78, 5) is 4.12. The molecule has 112 valence electrons. The Morgan fingerprint density at radius 2 is 2.15 bits per heavy atom. The van der Waals surface area contributed by atoms with Crippen molar-refractivity contribution in [2.45, 2.75) is 44.4 Å². The maximum Gasteiger partial charge on any atom is 0.389 e. The molecule has 0 bridgehead atoms.